The number of hydrogen-bond acceptors (Lipinski definition) is 3. The van der Waals surface area contributed by atoms with Crippen molar-refractivity contribution in [2.24, 2.45) is 0 Å². The van der Waals surface area contributed by atoms with Crippen molar-refractivity contribution in [3.8, 4) is 0 Å². The van der Waals surface area contributed by atoms with Crippen LogP contribution in [0.2, 0.25) is 0 Å². The molecule has 1 unspecified atom stereocenters. The smallest absolute Gasteiger partial charge is 0.158 e. The van der Waals surface area contributed by atoms with Crippen LogP contribution in [-0.4, -0.2) is 45.0 Å². The number of ether oxygens (including phenoxy) is 2. The van der Waals surface area contributed by atoms with Crippen LogP contribution in [-0.2, 0) is 9.47 Å². The highest BCUT2D eigenvalue weighted by atomic mass is 16.7. The van der Waals surface area contributed by atoms with Crippen LogP contribution < -0.4 is 0 Å². The van der Waals surface area contributed by atoms with Gasteiger partial charge in [-0.2, -0.15) is 0 Å². The Morgan fingerprint density at radius 1 is 0.559 bits per heavy atom. The van der Waals surface area contributed by atoms with E-state index in [2.05, 4.69) is 57.1 Å². The fourth-order valence-electron chi connectivity index (χ4n) is 3.98. The average molecular weight is 480 g/mol. The summed E-state index contributed by atoms with van der Waals surface area (Å²) in [4.78, 5) is 2.21. The molecule has 3 nitrogen and oxygen atoms in total. The zero-order valence-electron chi connectivity index (χ0n) is 23.7. The predicted molar refractivity (Wildman–Crippen MR) is 152 cm³/mol. The van der Waals surface area contributed by atoms with Gasteiger partial charge in [-0.1, -0.05) is 109 Å². The molecule has 0 fully saturated rings. The maximum atomic E-state index is 6.09. The molecule has 34 heavy (non-hydrogen) atoms. The van der Waals surface area contributed by atoms with Gasteiger partial charge in [-0.3, -0.25) is 0 Å². The summed E-state index contributed by atoms with van der Waals surface area (Å²) in [5.41, 5.74) is 0. The first kappa shape index (κ1) is 33.4. The molecule has 0 saturated carbocycles. The third-order valence-corrected chi connectivity index (χ3v) is 6.26. The van der Waals surface area contributed by atoms with E-state index in [0.29, 0.717) is 0 Å². The van der Waals surface area contributed by atoms with Crippen molar-refractivity contribution in [1.82, 2.24) is 4.90 Å². The summed E-state index contributed by atoms with van der Waals surface area (Å²) in [7, 11) is 4.24. The SMILES string of the molecule is CCCCCC=CCC=CCCCCCCCCOC(CCN(C)C)OCCCCCCCC. The Kier molecular flexibility index (Phi) is 28.1. The zero-order valence-corrected chi connectivity index (χ0v) is 23.7. The molecular weight excluding hydrogens is 418 g/mol. The lowest BCUT2D eigenvalue weighted by Gasteiger charge is -2.20. The Morgan fingerprint density at radius 3 is 1.53 bits per heavy atom. The largest absolute Gasteiger partial charge is 0.353 e. The van der Waals surface area contributed by atoms with Gasteiger partial charge >= 0.3 is 0 Å². The van der Waals surface area contributed by atoms with Gasteiger partial charge in [-0.05, 0) is 59.0 Å². The van der Waals surface area contributed by atoms with Crippen LogP contribution in [0.4, 0.5) is 0 Å². The Hall–Kier alpha value is -0.640. The molecular formula is C31H61NO2. The molecule has 0 aliphatic rings. The molecule has 1 atom stereocenters. The van der Waals surface area contributed by atoms with E-state index in [1.165, 1.54) is 96.3 Å². The van der Waals surface area contributed by atoms with Crippen LogP contribution in [0.3, 0.4) is 0 Å². The number of rotatable bonds is 27. The lowest BCUT2D eigenvalue weighted by Crippen LogP contribution is -2.25. The van der Waals surface area contributed by atoms with Gasteiger partial charge in [0, 0.05) is 26.2 Å². The minimum atomic E-state index is -0.0315. The molecule has 0 aliphatic carbocycles. The standard InChI is InChI=1S/C31H61NO2/c1-5-7-9-11-13-14-15-16-17-18-19-20-21-22-24-26-30-34-31(27-28-32(3)4)33-29-25-23-12-10-8-6-2/h13-14,16-17,31H,5-12,15,18-30H2,1-4H3. The van der Waals surface area contributed by atoms with E-state index in [1.807, 2.05) is 0 Å². The topological polar surface area (TPSA) is 21.7 Å². The zero-order chi connectivity index (χ0) is 25.0. The highest BCUT2D eigenvalue weighted by Gasteiger charge is 2.10. The first-order valence-electron chi connectivity index (χ1n) is 14.9. The van der Waals surface area contributed by atoms with Crippen molar-refractivity contribution in [2.75, 3.05) is 33.9 Å². The molecule has 0 amide bonds. The summed E-state index contributed by atoms with van der Waals surface area (Å²) in [5, 5.41) is 0. The highest BCUT2D eigenvalue weighted by molar-refractivity contribution is 4.92. The van der Waals surface area contributed by atoms with Gasteiger partial charge in [0.1, 0.15) is 0 Å². The van der Waals surface area contributed by atoms with E-state index in [1.54, 1.807) is 0 Å². The molecule has 0 aromatic heterocycles. The van der Waals surface area contributed by atoms with Gasteiger partial charge in [0.05, 0.1) is 0 Å². The van der Waals surface area contributed by atoms with Crippen LogP contribution in [0.15, 0.2) is 24.3 Å². The van der Waals surface area contributed by atoms with Crippen molar-refractivity contribution < 1.29 is 9.47 Å². The summed E-state index contributed by atoms with van der Waals surface area (Å²) in [6.07, 6.45) is 33.5. The molecule has 0 radical (unpaired) electrons. The molecule has 3 heteroatoms. The quantitative estimate of drug-likeness (QED) is 0.0665. The minimum Gasteiger partial charge on any atom is -0.353 e. The van der Waals surface area contributed by atoms with E-state index in [4.69, 9.17) is 9.47 Å². The van der Waals surface area contributed by atoms with Gasteiger partial charge in [-0.25, -0.2) is 0 Å². The first-order chi connectivity index (χ1) is 16.7. The Morgan fingerprint density at radius 2 is 1.00 bits per heavy atom. The van der Waals surface area contributed by atoms with Gasteiger partial charge in [0.15, 0.2) is 6.29 Å². The molecule has 0 N–H and O–H groups in total. The van der Waals surface area contributed by atoms with E-state index in [9.17, 15) is 0 Å². The van der Waals surface area contributed by atoms with Crippen LogP contribution in [0.5, 0.6) is 0 Å². The summed E-state index contributed by atoms with van der Waals surface area (Å²) in [6.45, 7) is 7.23. The minimum absolute atomic E-state index is 0.0315. The van der Waals surface area contributed by atoms with Crippen molar-refractivity contribution >= 4 is 0 Å². The van der Waals surface area contributed by atoms with Crippen LogP contribution in [0, 0.1) is 0 Å². The van der Waals surface area contributed by atoms with E-state index >= 15 is 0 Å². The summed E-state index contributed by atoms with van der Waals surface area (Å²) in [5.74, 6) is 0. The normalized spacial score (nSPS) is 13.1. The first-order valence-corrected chi connectivity index (χ1v) is 14.9. The Balaban J connectivity index is 3.61. The molecule has 0 aliphatic heterocycles. The fourth-order valence-corrected chi connectivity index (χ4v) is 3.98. The average Bonchev–Trinajstić information content (AvgIpc) is 2.83. The third-order valence-electron chi connectivity index (χ3n) is 6.26. The van der Waals surface area contributed by atoms with Crippen LogP contribution >= 0.6 is 0 Å². The number of nitrogens with zero attached hydrogens (tertiary/aromatic N) is 1. The number of unbranched alkanes of at least 4 members (excludes halogenated alkanes) is 14. The maximum Gasteiger partial charge on any atom is 0.158 e. The molecule has 0 saturated heterocycles. The summed E-state index contributed by atoms with van der Waals surface area (Å²) in [6, 6.07) is 0. The van der Waals surface area contributed by atoms with Gasteiger partial charge < -0.3 is 14.4 Å². The number of allylic oxidation sites excluding steroid dienone is 4. The van der Waals surface area contributed by atoms with Crippen molar-refractivity contribution in [3.63, 3.8) is 0 Å². The van der Waals surface area contributed by atoms with Gasteiger partial charge in [0.2, 0.25) is 0 Å². The molecule has 0 rings (SSSR count). The molecule has 0 spiro atoms. The molecule has 202 valence electrons. The predicted octanol–water partition coefficient (Wildman–Crippen LogP) is 9.47. The summed E-state index contributed by atoms with van der Waals surface area (Å²) >= 11 is 0. The second kappa shape index (κ2) is 28.6. The second-order valence-electron chi connectivity index (χ2n) is 10.1. The maximum absolute atomic E-state index is 6.09. The van der Waals surface area contributed by atoms with Gasteiger partial charge in [-0.15, -0.1) is 0 Å². The van der Waals surface area contributed by atoms with Crippen molar-refractivity contribution in [3.05, 3.63) is 24.3 Å². The van der Waals surface area contributed by atoms with Crippen molar-refractivity contribution in [2.45, 2.75) is 142 Å². The molecule has 0 aromatic carbocycles. The summed E-state index contributed by atoms with van der Waals surface area (Å²) < 4.78 is 12.2. The highest BCUT2D eigenvalue weighted by Crippen LogP contribution is 2.11. The fraction of sp³-hybridized carbons (Fsp3) is 0.871. The monoisotopic (exact) mass is 479 g/mol. The molecule has 0 aromatic rings. The lowest BCUT2D eigenvalue weighted by molar-refractivity contribution is -0.148. The third kappa shape index (κ3) is 27.6. The van der Waals surface area contributed by atoms with E-state index in [-0.39, 0.29) is 6.29 Å². The molecule has 0 bridgehead atoms. The van der Waals surface area contributed by atoms with Crippen LogP contribution in [0.25, 0.3) is 0 Å². The van der Waals surface area contributed by atoms with Gasteiger partial charge in [0.25, 0.3) is 0 Å². The Bertz CT molecular complexity index is 433. The lowest BCUT2D eigenvalue weighted by atomic mass is 10.1. The van der Waals surface area contributed by atoms with E-state index < -0.39 is 0 Å². The Labute approximate surface area is 214 Å². The second-order valence-corrected chi connectivity index (χ2v) is 10.1. The van der Waals surface area contributed by atoms with Crippen LogP contribution in [0.1, 0.15) is 136 Å². The number of hydrogen-bond donors (Lipinski definition) is 0. The van der Waals surface area contributed by atoms with Crippen molar-refractivity contribution in [1.29, 1.82) is 0 Å². The van der Waals surface area contributed by atoms with E-state index in [0.717, 1.165) is 45.4 Å². The molecule has 0 heterocycles.